The zero-order valence-electron chi connectivity index (χ0n) is 19.5. The van der Waals surface area contributed by atoms with Crippen molar-refractivity contribution in [1.29, 1.82) is 0 Å². The van der Waals surface area contributed by atoms with E-state index in [1.807, 2.05) is 29.2 Å². The third kappa shape index (κ3) is 7.96. The Morgan fingerprint density at radius 3 is 2.00 bits per heavy atom. The topological polar surface area (TPSA) is 105 Å². The maximum atomic E-state index is 13.1. The van der Waals surface area contributed by atoms with Crippen LogP contribution in [0.3, 0.4) is 0 Å². The summed E-state index contributed by atoms with van der Waals surface area (Å²) in [7, 11) is 0. The van der Waals surface area contributed by atoms with Gasteiger partial charge in [-0.05, 0) is 48.1 Å². The number of aliphatic imine (C=N–C) groups is 1. The molecule has 0 aliphatic rings. The zero-order valence-corrected chi connectivity index (χ0v) is 19.5. The second-order valence-corrected chi connectivity index (χ2v) is 8.37. The number of carbonyl (C=O) groups excluding carboxylic acids is 1. The third-order valence-corrected chi connectivity index (χ3v) is 5.89. The fourth-order valence-electron chi connectivity index (χ4n) is 4.07. The van der Waals surface area contributed by atoms with Crippen molar-refractivity contribution in [2.45, 2.75) is 31.6 Å². The fraction of sp³-hybridized carbons (Fsp3) is 0.286. The summed E-state index contributed by atoms with van der Waals surface area (Å²) >= 11 is 0. The van der Waals surface area contributed by atoms with Gasteiger partial charge in [-0.1, -0.05) is 72.8 Å². The molecule has 178 valence electrons. The van der Waals surface area contributed by atoms with Crippen LogP contribution in [0.5, 0.6) is 5.75 Å². The van der Waals surface area contributed by atoms with Crippen molar-refractivity contribution in [1.82, 2.24) is 4.90 Å². The first-order valence-corrected chi connectivity index (χ1v) is 11.7. The predicted octanol–water partition coefficient (Wildman–Crippen LogP) is 4.04. The largest absolute Gasteiger partial charge is 0.508 e. The number of carbonyl (C=O) groups is 1. The van der Waals surface area contributed by atoms with Crippen molar-refractivity contribution in [2.75, 3.05) is 19.6 Å². The van der Waals surface area contributed by atoms with Gasteiger partial charge in [-0.15, -0.1) is 0 Å². The van der Waals surface area contributed by atoms with Gasteiger partial charge in [0.05, 0.1) is 0 Å². The molecule has 0 atom stereocenters. The highest BCUT2D eigenvalue weighted by Crippen LogP contribution is 2.28. The average molecular weight is 459 g/mol. The molecule has 0 saturated carbocycles. The highest BCUT2D eigenvalue weighted by Gasteiger charge is 2.19. The number of aromatic hydroxyl groups is 1. The molecule has 0 fully saturated rings. The molecule has 0 aliphatic carbocycles. The maximum Gasteiger partial charge on any atom is 0.222 e. The van der Waals surface area contributed by atoms with Gasteiger partial charge in [-0.3, -0.25) is 9.79 Å². The summed E-state index contributed by atoms with van der Waals surface area (Å²) in [5.41, 5.74) is 14.4. The van der Waals surface area contributed by atoms with E-state index in [0.29, 0.717) is 32.5 Å². The molecule has 0 spiro atoms. The quantitative estimate of drug-likeness (QED) is 0.216. The van der Waals surface area contributed by atoms with E-state index >= 15 is 0 Å². The Hall–Kier alpha value is -3.80. The molecule has 1 amide bonds. The van der Waals surface area contributed by atoms with Crippen LogP contribution in [0.1, 0.15) is 41.9 Å². The summed E-state index contributed by atoms with van der Waals surface area (Å²) in [6.07, 6.45) is 2.55. The molecule has 0 unspecified atom stereocenters. The maximum absolute atomic E-state index is 13.1. The van der Waals surface area contributed by atoms with E-state index < -0.39 is 0 Å². The first kappa shape index (κ1) is 24.8. The van der Waals surface area contributed by atoms with Gasteiger partial charge in [0.1, 0.15) is 5.75 Å². The number of guanidine groups is 1. The van der Waals surface area contributed by atoms with Crippen molar-refractivity contribution in [3.05, 3.63) is 102 Å². The van der Waals surface area contributed by atoms with Gasteiger partial charge in [0.25, 0.3) is 0 Å². The second kappa shape index (κ2) is 13.0. The van der Waals surface area contributed by atoms with Gasteiger partial charge in [0.2, 0.25) is 5.91 Å². The Morgan fingerprint density at radius 2 is 1.44 bits per heavy atom. The van der Waals surface area contributed by atoms with E-state index in [4.69, 9.17) is 11.5 Å². The minimum absolute atomic E-state index is 0.0465. The van der Waals surface area contributed by atoms with E-state index in [-0.39, 0.29) is 23.5 Å². The predicted molar refractivity (Wildman–Crippen MR) is 138 cm³/mol. The van der Waals surface area contributed by atoms with Crippen LogP contribution in [0, 0.1) is 0 Å². The Morgan fingerprint density at radius 1 is 0.853 bits per heavy atom. The van der Waals surface area contributed by atoms with E-state index in [0.717, 1.165) is 18.4 Å². The number of hydrogen-bond acceptors (Lipinski definition) is 3. The molecule has 6 heteroatoms. The summed E-state index contributed by atoms with van der Waals surface area (Å²) in [6, 6.07) is 28.0. The zero-order chi connectivity index (χ0) is 24.2. The molecule has 3 rings (SSSR count). The van der Waals surface area contributed by atoms with Crippen LogP contribution >= 0.6 is 0 Å². The Labute approximate surface area is 201 Å². The highest BCUT2D eigenvalue weighted by molar-refractivity contribution is 5.77. The Kier molecular flexibility index (Phi) is 9.52. The van der Waals surface area contributed by atoms with Gasteiger partial charge in [-0.25, -0.2) is 0 Å². The number of nitrogens with zero attached hydrogens (tertiary/aromatic N) is 2. The van der Waals surface area contributed by atoms with E-state index in [2.05, 4.69) is 53.5 Å². The molecule has 34 heavy (non-hydrogen) atoms. The molecule has 0 bridgehead atoms. The molecule has 6 nitrogen and oxygen atoms in total. The van der Waals surface area contributed by atoms with E-state index in [1.165, 1.54) is 11.1 Å². The molecular weight excluding hydrogens is 424 g/mol. The highest BCUT2D eigenvalue weighted by atomic mass is 16.3. The summed E-state index contributed by atoms with van der Waals surface area (Å²) < 4.78 is 0. The number of amides is 1. The Bertz CT molecular complexity index is 994. The first-order valence-electron chi connectivity index (χ1n) is 11.7. The normalized spacial score (nSPS) is 10.7. The minimum atomic E-state index is 0.0465. The van der Waals surface area contributed by atoms with Crippen molar-refractivity contribution < 1.29 is 9.90 Å². The lowest BCUT2D eigenvalue weighted by Gasteiger charge is -2.26. The van der Waals surface area contributed by atoms with Crippen molar-refractivity contribution in [2.24, 2.45) is 16.5 Å². The van der Waals surface area contributed by atoms with Gasteiger partial charge in [0, 0.05) is 32.0 Å². The van der Waals surface area contributed by atoms with Gasteiger partial charge >= 0.3 is 0 Å². The number of benzene rings is 3. The molecule has 3 aromatic carbocycles. The van der Waals surface area contributed by atoms with Crippen molar-refractivity contribution in [3.63, 3.8) is 0 Å². The van der Waals surface area contributed by atoms with E-state index in [1.54, 1.807) is 12.1 Å². The monoisotopic (exact) mass is 458 g/mol. The second-order valence-electron chi connectivity index (χ2n) is 8.37. The van der Waals surface area contributed by atoms with Crippen LogP contribution in [0.15, 0.2) is 89.9 Å². The van der Waals surface area contributed by atoms with Crippen LogP contribution in [-0.2, 0) is 11.2 Å². The SMILES string of the molecule is NC(N)=NCCCC(=O)N(CCc1ccc(O)cc1)CCC(c1ccccc1)c1ccccc1. The van der Waals surface area contributed by atoms with Crippen LogP contribution < -0.4 is 11.5 Å². The number of rotatable bonds is 12. The van der Waals surface area contributed by atoms with Crippen LogP contribution in [0.25, 0.3) is 0 Å². The lowest BCUT2D eigenvalue weighted by atomic mass is 9.88. The van der Waals surface area contributed by atoms with Crippen LogP contribution in [-0.4, -0.2) is 41.5 Å². The van der Waals surface area contributed by atoms with Gasteiger partial charge in [-0.2, -0.15) is 0 Å². The molecule has 0 saturated heterocycles. The molecule has 0 aliphatic heterocycles. The van der Waals surface area contributed by atoms with E-state index in [9.17, 15) is 9.90 Å². The molecule has 0 heterocycles. The lowest BCUT2D eigenvalue weighted by Crippen LogP contribution is -2.34. The molecular formula is C28H34N4O2. The number of phenolic OH excluding ortho intramolecular Hbond substituents is 1. The fourth-order valence-corrected chi connectivity index (χ4v) is 4.07. The summed E-state index contributed by atoms with van der Waals surface area (Å²) in [4.78, 5) is 19.1. The summed E-state index contributed by atoms with van der Waals surface area (Å²) in [5.74, 6) is 0.590. The molecule has 0 radical (unpaired) electrons. The number of nitrogens with two attached hydrogens (primary N) is 2. The Balaban J connectivity index is 1.71. The summed E-state index contributed by atoms with van der Waals surface area (Å²) in [6.45, 7) is 1.70. The average Bonchev–Trinajstić information content (AvgIpc) is 2.86. The minimum Gasteiger partial charge on any atom is -0.508 e. The van der Waals surface area contributed by atoms with Crippen molar-refractivity contribution in [3.8, 4) is 5.75 Å². The molecule has 5 N–H and O–H groups in total. The van der Waals surface area contributed by atoms with Gasteiger partial charge < -0.3 is 21.5 Å². The smallest absolute Gasteiger partial charge is 0.222 e. The molecule has 0 aromatic heterocycles. The van der Waals surface area contributed by atoms with Gasteiger partial charge in [0.15, 0.2) is 5.96 Å². The molecule has 3 aromatic rings. The van der Waals surface area contributed by atoms with Crippen LogP contribution in [0.2, 0.25) is 0 Å². The standard InChI is InChI=1S/C28H34N4O2/c29-28(30)31-19-7-12-27(34)32(20-17-22-13-15-25(33)16-14-22)21-18-26(23-8-3-1-4-9-23)24-10-5-2-6-11-24/h1-6,8-11,13-16,26,33H,7,12,17-21H2,(H4,29,30,31). The third-order valence-electron chi connectivity index (χ3n) is 5.89. The summed E-state index contributed by atoms with van der Waals surface area (Å²) in [5, 5.41) is 9.55. The first-order chi connectivity index (χ1) is 16.5. The number of hydrogen-bond donors (Lipinski definition) is 3. The van der Waals surface area contributed by atoms with Crippen LogP contribution in [0.4, 0.5) is 0 Å². The number of phenols is 1. The lowest BCUT2D eigenvalue weighted by molar-refractivity contribution is -0.131. The van der Waals surface area contributed by atoms with Crippen molar-refractivity contribution >= 4 is 11.9 Å².